The van der Waals surface area contributed by atoms with Crippen molar-refractivity contribution >= 4 is 39.2 Å². The van der Waals surface area contributed by atoms with Gasteiger partial charge in [0.1, 0.15) is 10.6 Å². The number of primary amides is 1. The van der Waals surface area contributed by atoms with Crippen LogP contribution in [0.3, 0.4) is 0 Å². The van der Waals surface area contributed by atoms with Gasteiger partial charge >= 0.3 is 0 Å². The van der Waals surface area contributed by atoms with Crippen molar-refractivity contribution in [2.24, 2.45) is 5.73 Å². The molecule has 108 valence electrons. The standard InChI is InChI=1S/C13H19N5OS/c1-3-6-15-13-16-11(18(4-2)8-10(14)19)9-5-7-20-12(9)17-13/h5,7H,3-4,6,8H2,1-2H3,(H2,14,19)(H,15,16,17). The topological polar surface area (TPSA) is 84.1 Å². The van der Waals surface area contributed by atoms with E-state index < -0.39 is 0 Å². The number of rotatable bonds is 7. The van der Waals surface area contributed by atoms with Gasteiger partial charge in [0.25, 0.3) is 0 Å². The Hall–Kier alpha value is -1.89. The number of carbonyl (C=O) groups is 1. The average Bonchev–Trinajstić information content (AvgIpc) is 2.89. The monoisotopic (exact) mass is 293 g/mol. The summed E-state index contributed by atoms with van der Waals surface area (Å²) >= 11 is 1.56. The first kappa shape index (κ1) is 14.5. The third kappa shape index (κ3) is 3.16. The first-order chi connectivity index (χ1) is 9.65. The second-order valence-corrected chi connectivity index (χ2v) is 5.31. The molecule has 7 heteroatoms. The molecule has 0 unspecified atom stereocenters. The molecule has 3 N–H and O–H groups in total. The maximum absolute atomic E-state index is 11.2. The van der Waals surface area contributed by atoms with Gasteiger partial charge in [-0.25, -0.2) is 4.98 Å². The maximum Gasteiger partial charge on any atom is 0.236 e. The number of aromatic nitrogens is 2. The lowest BCUT2D eigenvalue weighted by Crippen LogP contribution is -2.34. The second-order valence-electron chi connectivity index (χ2n) is 4.42. The van der Waals surface area contributed by atoms with Gasteiger partial charge in [0.05, 0.1) is 11.9 Å². The highest BCUT2D eigenvalue weighted by Gasteiger charge is 2.15. The molecule has 2 aromatic rings. The third-order valence-corrected chi connectivity index (χ3v) is 3.67. The molecule has 0 aromatic carbocycles. The first-order valence-electron chi connectivity index (χ1n) is 6.68. The molecule has 2 rings (SSSR count). The van der Waals surface area contributed by atoms with Crippen LogP contribution in [0.4, 0.5) is 11.8 Å². The van der Waals surface area contributed by atoms with Gasteiger partial charge in [0.15, 0.2) is 0 Å². The summed E-state index contributed by atoms with van der Waals surface area (Å²) in [5.74, 6) is 0.993. The van der Waals surface area contributed by atoms with Gasteiger partial charge in [-0.3, -0.25) is 4.79 Å². The number of nitrogens with two attached hydrogens (primary N) is 1. The molecule has 6 nitrogen and oxygen atoms in total. The Morgan fingerprint density at radius 1 is 1.45 bits per heavy atom. The van der Waals surface area contributed by atoms with E-state index in [2.05, 4.69) is 22.2 Å². The van der Waals surface area contributed by atoms with E-state index in [0.717, 1.165) is 29.0 Å². The van der Waals surface area contributed by atoms with E-state index in [1.165, 1.54) is 0 Å². The first-order valence-corrected chi connectivity index (χ1v) is 7.56. The summed E-state index contributed by atoms with van der Waals surface area (Å²) < 4.78 is 0. The van der Waals surface area contributed by atoms with E-state index in [0.29, 0.717) is 12.5 Å². The highest BCUT2D eigenvalue weighted by atomic mass is 32.1. The van der Waals surface area contributed by atoms with Crippen LogP contribution < -0.4 is 16.0 Å². The van der Waals surface area contributed by atoms with E-state index >= 15 is 0 Å². The largest absolute Gasteiger partial charge is 0.368 e. The van der Waals surface area contributed by atoms with E-state index in [-0.39, 0.29) is 12.5 Å². The molecular weight excluding hydrogens is 274 g/mol. The SMILES string of the molecule is CCCNc1nc(N(CC)CC(N)=O)c2ccsc2n1. The Morgan fingerprint density at radius 3 is 2.90 bits per heavy atom. The fraction of sp³-hybridized carbons (Fsp3) is 0.462. The minimum Gasteiger partial charge on any atom is -0.368 e. The molecule has 0 saturated carbocycles. The van der Waals surface area contributed by atoms with Gasteiger partial charge < -0.3 is 16.0 Å². The molecule has 0 aliphatic rings. The van der Waals surface area contributed by atoms with E-state index in [1.807, 2.05) is 23.3 Å². The zero-order chi connectivity index (χ0) is 14.5. The molecule has 0 fully saturated rings. The molecule has 0 atom stereocenters. The molecule has 0 aliphatic carbocycles. The highest BCUT2D eigenvalue weighted by molar-refractivity contribution is 7.16. The van der Waals surface area contributed by atoms with Gasteiger partial charge in [-0.05, 0) is 24.8 Å². The van der Waals surface area contributed by atoms with Crippen molar-refractivity contribution in [3.8, 4) is 0 Å². The minimum absolute atomic E-state index is 0.158. The lowest BCUT2D eigenvalue weighted by Gasteiger charge is -2.21. The predicted octanol–water partition coefficient (Wildman–Crippen LogP) is 1.82. The summed E-state index contributed by atoms with van der Waals surface area (Å²) in [6.07, 6.45) is 1.000. The van der Waals surface area contributed by atoms with Gasteiger partial charge in [0.2, 0.25) is 11.9 Å². The van der Waals surface area contributed by atoms with E-state index in [1.54, 1.807) is 11.3 Å². The summed E-state index contributed by atoms with van der Waals surface area (Å²) in [6.45, 7) is 5.70. The quantitative estimate of drug-likeness (QED) is 0.813. The minimum atomic E-state index is -0.364. The van der Waals surface area contributed by atoms with Crippen molar-refractivity contribution in [1.29, 1.82) is 0 Å². The lowest BCUT2D eigenvalue weighted by atomic mass is 10.3. The lowest BCUT2D eigenvalue weighted by molar-refractivity contribution is -0.116. The number of anilines is 2. The Kier molecular flexibility index (Phi) is 4.73. The van der Waals surface area contributed by atoms with Crippen molar-refractivity contribution in [3.63, 3.8) is 0 Å². The van der Waals surface area contributed by atoms with Gasteiger partial charge in [-0.1, -0.05) is 6.92 Å². The molecule has 0 spiro atoms. The third-order valence-electron chi connectivity index (χ3n) is 2.87. The van der Waals surface area contributed by atoms with Crippen LogP contribution in [0.2, 0.25) is 0 Å². The van der Waals surface area contributed by atoms with Crippen LogP contribution in [0.1, 0.15) is 20.3 Å². The van der Waals surface area contributed by atoms with Crippen LogP contribution in [-0.2, 0) is 4.79 Å². The van der Waals surface area contributed by atoms with Crippen LogP contribution in [0.15, 0.2) is 11.4 Å². The Balaban J connectivity index is 2.42. The number of hydrogen-bond donors (Lipinski definition) is 2. The Bertz CT molecular complexity index is 597. The van der Waals surface area contributed by atoms with Crippen LogP contribution in [0.5, 0.6) is 0 Å². The van der Waals surface area contributed by atoms with Crippen molar-refractivity contribution in [3.05, 3.63) is 11.4 Å². The van der Waals surface area contributed by atoms with Crippen molar-refractivity contribution in [2.45, 2.75) is 20.3 Å². The van der Waals surface area contributed by atoms with Crippen LogP contribution in [0, 0.1) is 0 Å². The smallest absolute Gasteiger partial charge is 0.236 e. The van der Waals surface area contributed by atoms with E-state index in [9.17, 15) is 4.79 Å². The average molecular weight is 293 g/mol. The number of hydrogen-bond acceptors (Lipinski definition) is 6. The molecule has 0 bridgehead atoms. The molecule has 0 saturated heterocycles. The summed E-state index contributed by atoms with van der Waals surface area (Å²) in [6, 6.07) is 1.97. The molecule has 2 heterocycles. The normalized spacial score (nSPS) is 10.7. The number of carbonyl (C=O) groups excluding carboxylic acids is 1. The zero-order valence-electron chi connectivity index (χ0n) is 11.7. The summed E-state index contributed by atoms with van der Waals surface area (Å²) in [7, 11) is 0. The fourth-order valence-electron chi connectivity index (χ4n) is 1.92. The van der Waals surface area contributed by atoms with Crippen molar-refractivity contribution < 1.29 is 4.79 Å². The van der Waals surface area contributed by atoms with Crippen LogP contribution in [0.25, 0.3) is 10.2 Å². The number of nitrogens with zero attached hydrogens (tertiary/aromatic N) is 3. The van der Waals surface area contributed by atoms with Gasteiger partial charge in [-0.2, -0.15) is 4.98 Å². The fourth-order valence-corrected chi connectivity index (χ4v) is 2.68. The molecular formula is C13H19N5OS. The molecule has 0 aliphatic heterocycles. The summed E-state index contributed by atoms with van der Waals surface area (Å²) in [5.41, 5.74) is 5.31. The molecule has 1 amide bonds. The zero-order valence-corrected chi connectivity index (χ0v) is 12.5. The molecule has 20 heavy (non-hydrogen) atoms. The number of thiophene rings is 1. The number of fused-ring (bicyclic) bond motifs is 1. The summed E-state index contributed by atoms with van der Waals surface area (Å²) in [5, 5.41) is 6.13. The second kappa shape index (κ2) is 6.51. The van der Waals surface area contributed by atoms with Gasteiger partial charge in [0, 0.05) is 13.1 Å². The van der Waals surface area contributed by atoms with Crippen LogP contribution in [-0.4, -0.2) is 35.5 Å². The number of likely N-dealkylation sites (N-methyl/N-ethyl adjacent to an activating group) is 1. The van der Waals surface area contributed by atoms with Crippen molar-refractivity contribution in [2.75, 3.05) is 29.9 Å². The van der Waals surface area contributed by atoms with Crippen molar-refractivity contribution in [1.82, 2.24) is 9.97 Å². The predicted molar refractivity (Wildman–Crippen MR) is 83.3 cm³/mol. The number of nitrogens with one attached hydrogen (secondary N) is 1. The number of amides is 1. The molecule has 2 aromatic heterocycles. The Morgan fingerprint density at radius 2 is 2.25 bits per heavy atom. The Labute approximate surface area is 122 Å². The molecule has 0 radical (unpaired) electrons. The van der Waals surface area contributed by atoms with E-state index in [4.69, 9.17) is 5.73 Å². The van der Waals surface area contributed by atoms with Crippen LogP contribution >= 0.6 is 11.3 Å². The van der Waals surface area contributed by atoms with Gasteiger partial charge in [-0.15, -0.1) is 11.3 Å². The summed E-state index contributed by atoms with van der Waals surface area (Å²) in [4.78, 5) is 23.0. The highest BCUT2D eigenvalue weighted by Crippen LogP contribution is 2.28. The maximum atomic E-state index is 11.2.